The van der Waals surface area contributed by atoms with Crippen molar-refractivity contribution in [2.75, 3.05) is 0 Å². The Morgan fingerprint density at radius 2 is 0.676 bits per heavy atom. The van der Waals surface area contributed by atoms with Crippen LogP contribution in [0.2, 0.25) is 39.3 Å². The molecule has 10 nitrogen and oxygen atoms in total. The van der Waals surface area contributed by atoms with Crippen molar-refractivity contribution in [1.82, 2.24) is 0 Å². The van der Waals surface area contributed by atoms with E-state index in [0.29, 0.717) is 0 Å². The van der Waals surface area contributed by atoms with Crippen LogP contribution in [0, 0.1) is 0 Å². The van der Waals surface area contributed by atoms with Crippen molar-refractivity contribution in [3.63, 3.8) is 0 Å². The Morgan fingerprint density at radius 3 is 0.824 bits per heavy atom. The molecule has 16 heteroatoms. The molecule has 0 saturated heterocycles. The van der Waals surface area contributed by atoms with E-state index in [0.717, 1.165) is 0 Å². The molecule has 0 spiro atoms. The molecule has 0 aromatic carbocycles. The van der Waals surface area contributed by atoms with Gasteiger partial charge in [-0.05, 0) is 94.7 Å². The van der Waals surface area contributed by atoms with Gasteiger partial charge in [0.05, 0.1) is 0 Å². The predicted molar refractivity (Wildman–Crippen MR) is 138 cm³/mol. The Kier molecular flexibility index (Phi) is 16.8. The number of rotatable bonds is 16. The number of hydrogen-bond acceptors (Lipinski definition) is 10. The summed E-state index contributed by atoms with van der Waals surface area (Å²) >= 11 is -4.76. The van der Waals surface area contributed by atoms with Gasteiger partial charge in [-0.1, -0.05) is 0 Å². The van der Waals surface area contributed by atoms with Crippen LogP contribution in [-0.2, 0) is 31.6 Å². The third-order valence-corrected chi connectivity index (χ3v) is 18.9. The van der Waals surface area contributed by atoms with Crippen LogP contribution in [0.4, 0.5) is 0 Å². The minimum Gasteiger partial charge on any atom is -0.633 e. The van der Waals surface area contributed by atoms with Crippen molar-refractivity contribution in [1.29, 1.82) is 0 Å². The SMILES string of the molecule is CC(C)O[Si](O)(OC(C)C)[O][Al-]([O][Si](C)(C)C)([O][Si](C)(C)C)[O][Si](O)(OC(C)C)OC(C)C.[Na+]. The third kappa shape index (κ3) is 17.5. The Morgan fingerprint density at radius 1 is 0.471 bits per heavy atom. The van der Waals surface area contributed by atoms with Crippen LogP contribution < -0.4 is 29.6 Å². The van der Waals surface area contributed by atoms with Gasteiger partial charge in [-0.2, -0.15) is 0 Å². The maximum atomic E-state index is 11.4. The molecule has 0 aliphatic rings. The maximum Gasteiger partial charge on any atom is 1.00 e. The van der Waals surface area contributed by atoms with Crippen LogP contribution in [-0.4, -0.2) is 83.2 Å². The summed E-state index contributed by atoms with van der Waals surface area (Å²) in [5.41, 5.74) is 0. The summed E-state index contributed by atoms with van der Waals surface area (Å²) in [6.45, 7) is 25.6. The van der Waals surface area contributed by atoms with E-state index in [1.54, 1.807) is 55.4 Å². The van der Waals surface area contributed by atoms with Crippen LogP contribution in [0.3, 0.4) is 0 Å². The Hall–Kier alpha value is 2.00. The minimum absolute atomic E-state index is 0. The first-order valence-electron chi connectivity index (χ1n) is 11.6. The summed E-state index contributed by atoms with van der Waals surface area (Å²) in [4.78, 5) is 22.8. The zero-order chi connectivity index (χ0) is 26.5. The fourth-order valence-electron chi connectivity index (χ4n) is 2.73. The fourth-order valence-corrected chi connectivity index (χ4v) is 19.7. The summed E-state index contributed by atoms with van der Waals surface area (Å²) in [5.74, 6) is 0. The molecule has 0 aliphatic heterocycles. The number of hydrogen-bond donors (Lipinski definition) is 2. The Balaban J connectivity index is 0. The average molecular weight is 587 g/mol. The molecular formula is C18H48AlNaO10Si4. The predicted octanol–water partition coefficient (Wildman–Crippen LogP) is 0.718. The quantitative estimate of drug-likeness (QED) is 0.251. The molecule has 0 atom stereocenters. The van der Waals surface area contributed by atoms with Gasteiger partial charge in [0.25, 0.3) is 0 Å². The smallest absolute Gasteiger partial charge is 0.633 e. The molecule has 2 N–H and O–H groups in total. The molecule has 0 fully saturated rings. The monoisotopic (exact) mass is 586 g/mol. The summed E-state index contributed by atoms with van der Waals surface area (Å²) in [5, 5.41) is 0. The molecule has 0 aromatic rings. The van der Waals surface area contributed by atoms with Crippen molar-refractivity contribution in [3.8, 4) is 0 Å². The van der Waals surface area contributed by atoms with Gasteiger partial charge in [-0.25, -0.2) is 0 Å². The van der Waals surface area contributed by atoms with Crippen LogP contribution in [0.1, 0.15) is 55.4 Å². The molecule has 0 heterocycles. The summed E-state index contributed by atoms with van der Waals surface area (Å²) in [6.07, 6.45) is -1.65. The van der Waals surface area contributed by atoms with Gasteiger partial charge in [-0.3, -0.25) is 0 Å². The molecule has 0 bridgehead atoms. The van der Waals surface area contributed by atoms with Gasteiger partial charge in [-0.15, -0.1) is 0 Å². The van der Waals surface area contributed by atoms with Crippen molar-refractivity contribution in [2.45, 2.75) is 119 Å². The second-order valence-corrected chi connectivity index (χ2v) is 27.4. The molecule has 0 unspecified atom stereocenters. The van der Waals surface area contributed by atoms with Crippen LogP contribution in [0.5, 0.6) is 0 Å². The van der Waals surface area contributed by atoms with E-state index < -0.39 is 73.6 Å². The molecule has 0 saturated carbocycles. The van der Waals surface area contributed by atoms with E-state index in [1.165, 1.54) is 0 Å². The summed E-state index contributed by atoms with van der Waals surface area (Å²) < 4.78 is 48.2. The standard InChI is InChI=1S/2C6H15O4Si.2C3H9OSi.Al.Na/c2*1-5(2)9-11(7,8)10-6(3)4;2*1-5(2,3)4;;/h2*5-7H,1-4H3;2*1-3H3;;/q4*-1;+3;+1. The van der Waals surface area contributed by atoms with Gasteiger partial charge in [0.15, 0.2) is 0 Å². The van der Waals surface area contributed by atoms with Crippen molar-refractivity contribution in [3.05, 3.63) is 0 Å². The third-order valence-electron chi connectivity index (χ3n) is 3.12. The van der Waals surface area contributed by atoms with Crippen molar-refractivity contribution < 1.29 is 70.8 Å². The van der Waals surface area contributed by atoms with Gasteiger partial charge in [0.2, 0.25) is 0 Å². The zero-order valence-electron chi connectivity index (χ0n) is 24.0. The van der Waals surface area contributed by atoms with E-state index in [1.807, 2.05) is 39.3 Å². The molecule has 0 rings (SSSR count). The van der Waals surface area contributed by atoms with Crippen molar-refractivity contribution >= 4 is 49.1 Å². The second-order valence-electron chi connectivity index (χ2n) is 11.0. The van der Waals surface area contributed by atoms with Crippen molar-refractivity contribution in [2.24, 2.45) is 0 Å². The normalized spacial score (nSPS) is 14.5. The van der Waals surface area contributed by atoms with Gasteiger partial charge in [0.1, 0.15) is 16.6 Å². The summed E-state index contributed by atoms with van der Waals surface area (Å²) in [6, 6.07) is 0. The Bertz CT molecular complexity index is 518. The first kappa shape index (κ1) is 38.1. The fraction of sp³-hybridized carbons (Fsp3) is 1.00. The largest absolute Gasteiger partial charge is 1.00 e. The molecular weight excluding hydrogens is 539 g/mol. The summed E-state index contributed by atoms with van der Waals surface area (Å²) in [7, 11) is -13.6. The van der Waals surface area contributed by atoms with Gasteiger partial charge < -0.3 is 41.2 Å². The van der Waals surface area contributed by atoms with Crippen LogP contribution in [0.15, 0.2) is 0 Å². The van der Waals surface area contributed by atoms with Crippen LogP contribution >= 0.6 is 0 Å². The maximum absolute atomic E-state index is 11.4. The van der Waals surface area contributed by atoms with E-state index in [2.05, 4.69) is 0 Å². The van der Waals surface area contributed by atoms with Crippen LogP contribution in [0.25, 0.3) is 0 Å². The van der Waals surface area contributed by atoms with E-state index in [-0.39, 0.29) is 29.6 Å². The first-order valence-corrected chi connectivity index (χ1v) is 23.6. The topological polar surface area (TPSA) is 114 Å². The zero-order valence-corrected chi connectivity index (χ0v) is 31.2. The molecule has 0 radical (unpaired) electrons. The van der Waals surface area contributed by atoms with E-state index in [4.69, 9.17) is 31.6 Å². The molecule has 0 aromatic heterocycles. The van der Waals surface area contributed by atoms with E-state index in [9.17, 15) is 9.59 Å². The average Bonchev–Trinajstić information content (AvgIpc) is 2.36. The molecule has 0 amide bonds. The molecule has 200 valence electrons. The Labute approximate surface area is 237 Å². The second kappa shape index (κ2) is 15.0. The van der Waals surface area contributed by atoms with E-state index >= 15 is 0 Å². The van der Waals surface area contributed by atoms with Gasteiger partial charge in [0, 0.05) is 24.4 Å². The first-order chi connectivity index (χ1) is 14.5. The minimum atomic E-state index is -4.76. The van der Waals surface area contributed by atoms with Gasteiger partial charge >= 0.3 is 62.1 Å². The molecule has 0 aliphatic carbocycles. The molecule has 34 heavy (non-hydrogen) atoms.